The maximum absolute atomic E-state index is 12.1. The second kappa shape index (κ2) is 5.00. The largest absolute Gasteiger partial charge is 0.326 e. The van der Waals surface area contributed by atoms with Crippen LogP contribution in [0.5, 0.6) is 0 Å². The fraction of sp³-hybridized carbons (Fsp3) is 0. The lowest BCUT2D eigenvalue weighted by atomic mass is 10.1. The van der Waals surface area contributed by atoms with Crippen molar-refractivity contribution in [3.8, 4) is 0 Å². The molecule has 4 heteroatoms. The molecule has 0 aliphatic rings. The quantitative estimate of drug-likeness (QED) is 0.589. The SMILES string of the molecule is O=c1[nH]c(Nc2ccc3ccccc3c2)nc2ccccc12. The fourth-order valence-corrected chi connectivity index (χ4v) is 2.55. The Morgan fingerprint density at radius 1 is 0.864 bits per heavy atom. The Hall–Kier alpha value is -3.14. The van der Waals surface area contributed by atoms with E-state index >= 15 is 0 Å². The third kappa shape index (κ3) is 2.20. The first-order valence-electron chi connectivity index (χ1n) is 7.04. The zero-order valence-corrected chi connectivity index (χ0v) is 11.7. The molecular weight excluding hydrogens is 274 g/mol. The van der Waals surface area contributed by atoms with Crippen molar-refractivity contribution in [2.75, 3.05) is 5.32 Å². The van der Waals surface area contributed by atoms with Crippen molar-refractivity contribution in [2.45, 2.75) is 0 Å². The molecule has 0 unspecified atom stereocenters. The van der Waals surface area contributed by atoms with Crippen molar-refractivity contribution < 1.29 is 0 Å². The number of aromatic amines is 1. The fourth-order valence-electron chi connectivity index (χ4n) is 2.55. The van der Waals surface area contributed by atoms with Gasteiger partial charge in [-0.25, -0.2) is 4.98 Å². The molecule has 0 bridgehead atoms. The van der Waals surface area contributed by atoms with Crippen LogP contribution in [0.3, 0.4) is 0 Å². The summed E-state index contributed by atoms with van der Waals surface area (Å²) in [5, 5.41) is 6.06. The number of nitrogens with one attached hydrogen (secondary N) is 2. The minimum atomic E-state index is -0.145. The highest BCUT2D eigenvalue weighted by atomic mass is 16.1. The van der Waals surface area contributed by atoms with Crippen molar-refractivity contribution >= 4 is 33.3 Å². The van der Waals surface area contributed by atoms with Crippen LogP contribution in [0.2, 0.25) is 0 Å². The Morgan fingerprint density at radius 2 is 1.64 bits per heavy atom. The molecule has 4 aromatic rings. The van der Waals surface area contributed by atoms with E-state index in [1.54, 1.807) is 6.07 Å². The van der Waals surface area contributed by atoms with E-state index in [0.29, 0.717) is 16.9 Å². The monoisotopic (exact) mass is 287 g/mol. The molecule has 0 aliphatic carbocycles. The Bertz CT molecular complexity index is 1040. The third-order valence-electron chi connectivity index (χ3n) is 3.63. The average Bonchev–Trinajstić information content (AvgIpc) is 2.55. The number of aromatic nitrogens is 2. The topological polar surface area (TPSA) is 57.8 Å². The van der Waals surface area contributed by atoms with E-state index in [2.05, 4.69) is 27.4 Å². The van der Waals surface area contributed by atoms with Crippen LogP contribution in [0.25, 0.3) is 21.7 Å². The van der Waals surface area contributed by atoms with Crippen molar-refractivity contribution in [3.63, 3.8) is 0 Å². The van der Waals surface area contributed by atoms with Crippen LogP contribution in [-0.2, 0) is 0 Å². The predicted molar refractivity (Wildman–Crippen MR) is 89.6 cm³/mol. The number of rotatable bonds is 2. The van der Waals surface area contributed by atoms with Crippen LogP contribution in [-0.4, -0.2) is 9.97 Å². The number of H-pyrrole nitrogens is 1. The molecule has 0 atom stereocenters. The highest BCUT2D eigenvalue weighted by Crippen LogP contribution is 2.21. The van der Waals surface area contributed by atoms with Gasteiger partial charge in [-0.05, 0) is 35.0 Å². The van der Waals surface area contributed by atoms with Gasteiger partial charge in [-0.1, -0.05) is 42.5 Å². The number of para-hydroxylation sites is 1. The molecule has 1 heterocycles. The van der Waals surface area contributed by atoms with Crippen LogP contribution in [0, 0.1) is 0 Å². The summed E-state index contributed by atoms with van der Waals surface area (Å²) in [6.07, 6.45) is 0. The summed E-state index contributed by atoms with van der Waals surface area (Å²) in [7, 11) is 0. The summed E-state index contributed by atoms with van der Waals surface area (Å²) in [5.74, 6) is 0.444. The van der Waals surface area contributed by atoms with Crippen LogP contribution >= 0.6 is 0 Å². The van der Waals surface area contributed by atoms with E-state index in [-0.39, 0.29) is 5.56 Å². The molecule has 4 rings (SSSR count). The van der Waals surface area contributed by atoms with E-state index in [9.17, 15) is 4.79 Å². The smallest absolute Gasteiger partial charge is 0.260 e. The van der Waals surface area contributed by atoms with E-state index in [1.165, 1.54) is 5.39 Å². The van der Waals surface area contributed by atoms with Crippen molar-refractivity contribution in [1.82, 2.24) is 9.97 Å². The number of anilines is 2. The number of hydrogen-bond donors (Lipinski definition) is 2. The summed E-state index contributed by atoms with van der Waals surface area (Å²) >= 11 is 0. The minimum absolute atomic E-state index is 0.145. The highest BCUT2D eigenvalue weighted by Gasteiger charge is 2.03. The van der Waals surface area contributed by atoms with Crippen LogP contribution < -0.4 is 10.9 Å². The van der Waals surface area contributed by atoms with E-state index in [4.69, 9.17) is 0 Å². The lowest BCUT2D eigenvalue weighted by molar-refractivity contribution is 1.17. The lowest BCUT2D eigenvalue weighted by Crippen LogP contribution is -2.11. The van der Waals surface area contributed by atoms with Crippen molar-refractivity contribution in [3.05, 3.63) is 77.1 Å². The summed E-state index contributed by atoms with van der Waals surface area (Å²) in [6.45, 7) is 0. The molecule has 106 valence electrons. The molecule has 0 radical (unpaired) electrons. The summed E-state index contributed by atoms with van der Waals surface area (Å²) < 4.78 is 0. The molecular formula is C18H13N3O. The molecule has 3 aromatic carbocycles. The first kappa shape index (κ1) is 12.6. The maximum Gasteiger partial charge on any atom is 0.260 e. The standard InChI is InChI=1S/C18H13N3O/c22-17-15-7-3-4-8-16(15)20-18(21-17)19-14-10-9-12-5-1-2-6-13(12)11-14/h1-11H,(H2,19,20,21,22). The Balaban J connectivity index is 1.77. The molecule has 0 saturated carbocycles. The minimum Gasteiger partial charge on any atom is -0.326 e. The van der Waals surface area contributed by atoms with Gasteiger partial charge in [-0.2, -0.15) is 0 Å². The number of hydrogen-bond acceptors (Lipinski definition) is 3. The first-order valence-corrected chi connectivity index (χ1v) is 7.04. The Kier molecular flexibility index (Phi) is 2.86. The second-order valence-electron chi connectivity index (χ2n) is 5.12. The van der Waals surface area contributed by atoms with Gasteiger partial charge in [-0.3, -0.25) is 9.78 Å². The zero-order valence-electron chi connectivity index (χ0n) is 11.7. The maximum atomic E-state index is 12.1. The first-order chi connectivity index (χ1) is 10.8. The van der Waals surface area contributed by atoms with Gasteiger partial charge in [0.05, 0.1) is 10.9 Å². The van der Waals surface area contributed by atoms with E-state index in [0.717, 1.165) is 11.1 Å². The van der Waals surface area contributed by atoms with E-state index in [1.807, 2.05) is 48.5 Å². The molecule has 0 aliphatic heterocycles. The van der Waals surface area contributed by atoms with Gasteiger partial charge in [-0.15, -0.1) is 0 Å². The summed E-state index contributed by atoms with van der Waals surface area (Å²) in [6, 6.07) is 21.5. The molecule has 0 saturated heterocycles. The Labute approximate surface area is 126 Å². The molecule has 0 fully saturated rings. The van der Waals surface area contributed by atoms with Gasteiger partial charge in [0.15, 0.2) is 0 Å². The van der Waals surface area contributed by atoms with Crippen molar-refractivity contribution in [2.24, 2.45) is 0 Å². The highest BCUT2D eigenvalue weighted by molar-refractivity contribution is 5.86. The summed E-state index contributed by atoms with van der Waals surface area (Å²) in [5.41, 5.74) is 1.42. The van der Waals surface area contributed by atoms with Crippen LogP contribution in [0.1, 0.15) is 0 Å². The third-order valence-corrected chi connectivity index (χ3v) is 3.63. The normalized spacial score (nSPS) is 10.9. The lowest BCUT2D eigenvalue weighted by Gasteiger charge is -2.07. The molecule has 22 heavy (non-hydrogen) atoms. The number of fused-ring (bicyclic) bond motifs is 2. The zero-order chi connectivity index (χ0) is 14.9. The van der Waals surface area contributed by atoms with Gasteiger partial charge >= 0.3 is 0 Å². The van der Waals surface area contributed by atoms with Gasteiger partial charge in [0, 0.05) is 5.69 Å². The molecule has 0 amide bonds. The second-order valence-corrected chi connectivity index (χ2v) is 5.12. The average molecular weight is 287 g/mol. The van der Waals surface area contributed by atoms with E-state index < -0.39 is 0 Å². The molecule has 0 spiro atoms. The summed E-state index contributed by atoms with van der Waals surface area (Å²) in [4.78, 5) is 19.3. The molecule has 4 nitrogen and oxygen atoms in total. The molecule has 2 N–H and O–H groups in total. The van der Waals surface area contributed by atoms with Crippen LogP contribution in [0.15, 0.2) is 71.5 Å². The molecule has 1 aromatic heterocycles. The van der Waals surface area contributed by atoms with Crippen molar-refractivity contribution in [1.29, 1.82) is 0 Å². The van der Waals surface area contributed by atoms with Gasteiger partial charge in [0.1, 0.15) is 0 Å². The van der Waals surface area contributed by atoms with Gasteiger partial charge in [0.25, 0.3) is 5.56 Å². The number of benzene rings is 3. The predicted octanol–water partition coefficient (Wildman–Crippen LogP) is 3.82. The Morgan fingerprint density at radius 3 is 2.55 bits per heavy atom. The van der Waals surface area contributed by atoms with Gasteiger partial charge in [0.2, 0.25) is 5.95 Å². The van der Waals surface area contributed by atoms with Crippen LogP contribution in [0.4, 0.5) is 11.6 Å². The number of nitrogens with zero attached hydrogens (tertiary/aromatic N) is 1. The van der Waals surface area contributed by atoms with Gasteiger partial charge < -0.3 is 5.32 Å².